The molecule has 1 amide bonds. The number of carbonyl (C=O) groups excluding carboxylic acids is 1. The van der Waals surface area contributed by atoms with Crippen LogP contribution in [0.15, 0.2) is 52.1 Å². The zero-order valence-corrected chi connectivity index (χ0v) is 19.1. The largest absolute Gasteiger partial charge is 0.441 e. The molecule has 2 unspecified atom stereocenters. The lowest BCUT2D eigenvalue weighted by Crippen LogP contribution is -2.30. The second-order valence-electron chi connectivity index (χ2n) is 8.01. The van der Waals surface area contributed by atoms with Gasteiger partial charge in [0.2, 0.25) is 0 Å². The zero-order valence-electron chi connectivity index (χ0n) is 17.5. The molecule has 3 aromatic rings. The fourth-order valence-corrected chi connectivity index (χ4v) is 6.93. The minimum absolute atomic E-state index is 0.109. The molecule has 7 nitrogen and oxygen atoms in total. The van der Waals surface area contributed by atoms with Crippen molar-refractivity contribution in [3.63, 3.8) is 0 Å². The van der Waals surface area contributed by atoms with Crippen LogP contribution >= 0.6 is 22.1 Å². The summed E-state index contributed by atoms with van der Waals surface area (Å²) in [5.41, 5.74) is 2.41. The number of aromatic nitrogens is 1. The van der Waals surface area contributed by atoms with Crippen LogP contribution in [0.3, 0.4) is 0 Å². The molecule has 2 N–H and O–H groups in total. The molecule has 6 rings (SSSR count). The standard InChI is InChI=1S/C24H18N2O5S2/c1-14(15-5-3-2-4-6-15)30-23(28)25-19-13-29-26-18(19)8-7-17-11-16-12-20-24(9-10-24)22(27)33(20)31-21(16)32-17/h2-6,11-14,27H,9-10H2,1H3,(H,25,28). The van der Waals surface area contributed by atoms with Crippen molar-refractivity contribution in [1.82, 2.24) is 5.16 Å². The van der Waals surface area contributed by atoms with Crippen molar-refractivity contribution in [1.29, 1.82) is 0 Å². The van der Waals surface area contributed by atoms with E-state index in [1.165, 1.54) is 22.5 Å². The van der Waals surface area contributed by atoms with Crippen molar-refractivity contribution >= 4 is 45.0 Å². The number of nitrogens with zero attached hydrogens (tertiary/aromatic N) is 1. The summed E-state index contributed by atoms with van der Waals surface area (Å²) in [7, 11) is -0.610. The third-order valence-electron chi connectivity index (χ3n) is 5.84. The maximum absolute atomic E-state index is 12.3. The van der Waals surface area contributed by atoms with Crippen LogP contribution in [-0.4, -0.2) is 21.4 Å². The first-order valence-electron chi connectivity index (χ1n) is 10.4. The van der Waals surface area contributed by atoms with Crippen molar-refractivity contribution in [3.05, 3.63) is 69.3 Å². The van der Waals surface area contributed by atoms with E-state index in [2.05, 4.69) is 28.4 Å². The Hall–Kier alpha value is -3.32. The third-order valence-corrected chi connectivity index (χ3v) is 8.87. The van der Waals surface area contributed by atoms with Crippen LogP contribution in [0.25, 0.3) is 6.08 Å². The number of rotatable bonds is 3. The van der Waals surface area contributed by atoms with E-state index >= 15 is 0 Å². The summed E-state index contributed by atoms with van der Waals surface area (Å²) in [5.74, 6) is 6.00. The van der Waals surface area contributed by atoms with E-state index in [1.807, 2.05) is 36.4 Å². The van der Waals surface area contributed by atoms with Gasteiger partial charge in [0.1, 0.15) is 23.1 Å². The minimum atomic E-state index is -0.620. The number of hydrogen-bond acceptors (Lipinski definition) is 6. The topological polar surface area (TPSA) is 93.8 Å². The van der Waals surface area contributed by atoms with Crippen LogP contribution in [0, 0.1) is 17.3 Å². The molecule has 1 fully saturated rings. The van der Waals surface area contributed by atoms with Gasteiger partial charge >= 0.3 is 6.09 Å². The Labute approximate surface area is 196 Å². The molecule has 1 spiro atoms. The molecule has 2 aliphatic heterocycles. The summed E-state index contributed by atoms with van der Waals surface area (Å²) >= 11 is 1.42. The van der Waals surface area contributed by atoms with Gasteiger partial charge in [0.25, 0.3) is 0 Å². The molecule has 33 heavy (non-hydrogen) atoms. The molecule has 1 aromatic carbocycles. The van der Waals surface area contributed by atoms with Gasteiger partial charge in [-0.25, -0.2) is 4.79 Å². The molecule has 166 valence electrons. The summed E-state index contributed by atoms with van der Waals surface area (Å²) in [4.78, 5) is 14.3. The lowest BCUT2D eigenvalue weighted by Gasteiger charge is -2.35. The average Bonchev–Trinajstić information content (AvgIpc) is 3.40. The second-order valence-corrected chi connectivity index (χ2v) is 10.6. The lowest BCUT2D eigenvalue weighted by molar-refractivity contribution is 0.121. The summed E-state index contributed by atoms with van der Waals surface area (Å²) < 4.78 is 16.4. The highest BCUT2D eigenvalue weighted by Gasteiger charge is 2.60. The quantitative estimate of drug-likeness (QED) is 0.363. The van der Waals surface area contributed by atoms with Gasteiger partial charge in [-0.15, -0.1) is 0 Å². The number of hydrogen-bond donors (Lipinski definition) is 2. The predicted octanol–water partition coefficient (Wildman–Crippen LogP) is 5.84. The number of aliphatic hydroxyl groups excluding tert-OH is 1. The smallest absolute Gasteiger partial charge is 0.412 e. The summed E-state index contributed by atoms with van der Waals surface area (Å²) in [6.07, 6.45) is 4.41. The molecule has 1 saturated carbocycles. The van der Waals surface area contributed by atoms with Gasteiger partial charge in [-0.1, -0.05) is 46.8 Å². The van der Waals surface area contributed by atoms with E-state index < -0.39 is 23.0 Å². The number of aliphatic hydroxyl groups is 1. The summed E-state index contributed by atoms with van der Waals surface area (Å²) in [6.45, 7) is 1.80. The molecule has 0 bridgehead atoms. The summed E-state index contributed by atoms with van der Waals surface area (Å²) in [6, 6.07) is 11.4. The minimum Gasteiger partial charge on any atom is -0.441 e. The fraction of sp³-hybridized carbons (Fsp3) is 0.208. The van der Waals surface area contributed by atoms with Crippen molar-refractivity contribution < 1.29 is 23.3 Å². The second kappa shape index (κ2) is 7.63. The van der Waals surface area contributed by atoms with Gasteiger partial charge in [0.15, 0.2) is 10.8 Å². The average molecular weight is 479 g/mol. The monoisotopic (exact) mass is 478 g/mol. The van der Waals surface area contributed by atoms with E-state index in [0.29, 0.717) is 16.4 Å². The van der Waals surface area contributed by atoms with Crippen LogP contribution in [0.4, 0.5) is 10.5 Å². The number of ether oxygens (including phenoxy) is 1. The van der Waals surface area contributed by atoms with Gasteiger partial charge in [0, 0.05) is 10.5 Å². The highest BCUT2D eigenvalue weighted by atomic mass is 32.2. The van der Waals surface area contributed by atoms with Gasteiger partial charge < -0.3 is 18.5 Å². The van der Waals surface area contributed by atoms with E-state index in [9.17, 15) is 9.90 Å². The Morgan fingerprint density at radius 3 is 2.94 bits per heavy atom. The SMILES string of the molecule is CC(OC(=O)Nc1conc1C#Cc1cc2c(s1)OS1=C(O)C3(CC3)C1=C2)c1ccccc1. The van der Waals surface area contributed by atoms with Gasteiger partial charge in [-0.3, -0.25) is 5.32 Å². The Morgan fingerprint density at radius 2 is 2.15 bits per heavy atom. The number of carbonyl (C=O) groups is 1. The van der Waals surface area contributed by atoms with Crippen LogP contribution in [-0.2, 0) is 4.74 Å². The van der Waals surface area contributed by atoms with E-state index in [4.69, 9.17) is 13.4 Å². The normalized spacial score (nSPS) is 19.6. The number of thiophene rings is 1. The molecule has 4 heterocycles. The van der Waals surface area contributed by atoms with Crippen LogP contribution in [0.2, 0.25) is 0 Å². The van der Waals surface area contributed by atoms with Crippen molar-refractivity contribution in [2.24, 2.45) is 5.41 Å². The molecule has 1 aliphatic carbocycles. The molecule has 3 aliphatic rings. The van der Waals surface area contributed by atoms with Crippen LogP contribution in [0.1, 0.15) is 47.6 Å². The van der Waals surface area contributed by atoms with E-state index in [-0.39, 0.29) is 5.41 Å². The van der Waals surface area contributed by atoms with Gasteiger partial charge in [0.05, 0.1) is 21.1 Å². The number of amides is 1. The van der Waals surface area contributed by atoms with Crippen LogP contribution < -0.4 is 9.50 Å². The molecular formula is C24H18N2O5S2. The van der Waals surface area contributed by atoms with Gasteiger partial charge in [-0.05, 0) is 49.3 Å². The number of fused-ring (bicyclic) bond motifs is 3. The Morgan fingerprint density at radius 1 is 1.33 bits per heavy atom. The highest BCUT2D eigenvalue weighted by molar-refractivity contribution is 8.17. The Bertz CT molecular complexity index is 1400. The molecular weight excluding hydrogens is 460 g/mol. The zero-order chi connectivity index (χ0) is 22.6. The lowest BCUT2D eigenvalue weighted by atomic mass is 10.1. The van der Waals surface area contributed by atoms with Crippen molar-refractivity contribution in [3.8, 4) is 16.9 Å². The Balaban J connectivity index is 1.16. The number of benzene rings is 1. The van der Waals surface area contributed by atoms with Gasteiger partial charge in [-0.2, -0.15) is 0 Å². The number of nitrogens with one attached hydrogen (secondary N) is 1. The molecule has 2 atom stereocenters. The predicted molar refractivity (Wildman–Crippen MR) is 127 cm³/mol. The first kappa shape index (κ1) is 20.3. The molecule has 0 radical (unpaired) electrons. The van der Waals surface area contributed by atoms with Crippen molar-refractivity contribution in [2.45, 2.75) is 25.9 Å². The fourth-order valence-electron chi connectivity index (χ4n) is 3.84. The number of anilines is 1. The molecule has 2 aromatic heterocycles. The molecule has 0 saturated heterocycles. The maximum Gasteiger partial charge on any atom is 0.412 e. The first-order chi connectivity index (χ1) is 16.0. The third kappa shape index (κ3) is 3.47. The maximum atomic E-state index is 12.3. The first-order valence-corrected chi connectivity index (χ1v) is 12.3. The van der Waals surface area contributed by atoms with E-state index in [0.717, 1.165) is 33.9 Å². The van der Waals surface area contributed by atoms with Crippen molar-refractivity contribution in [2.75, 3.05) is 5.32 Å². The molecule has 9 heteroatoms. The highest BCUT2D eigenvalue weighted by Crippen LogP contribution is 2.69. The van der Waals surface area contributed by atoms with E-state index in [1.54, 1.807) is 6.92 Å². The summed E-state index contributed by atoms with van der Waals surface area (Å²) in [5, 5.41) is 18.0. The Kier molecular flexibility index (Phi) is 4.69. The van der Waals surface area contributed by atoms with Crippen LogP contribution in [0.5, 0.6) is 5.06 Å².